The molecule has 0 spiro atoms. The first-order chi connectivity index (χ1) is 9.66. The number of benzene rings is 2. The van der Waals surface area contributed by atoms with Gasteiger partial charge >= 0.3 is 6.18 Å². The second kappa shape index (κ2) is 5.43. The Balaban J connectivity index is 2.19. The van der Waals surface area contributed by atoms with E-state index < -0.39 is 11.7 Å². The zero-order valence-corrected chi connectivity index (χ0v) is 12.2. The van der Waals surface area contributed by atoms with Gasteiger partial charge < -0.3 is 4.74 Å². The first-order valence-corrected chi connectivity index (χ1v) is 6.62. The molecule has 0 fully saturated rings. The number of hydrogen-bond donors (Lipinski definition) is 0. The zero-order chi connectivity index (χ0) is 15.7. The van der Waals surface area contributed by atoms with Crippen LogP contribution in [-0.4, -0.2) is 0 Å². The minimum atomic E-state index is -4.33. The highest BCUT2D eigenvalue weighted by Crippen LogP contribution is 2.32. The molecule has 4 heteroatoms. The van der Waals surface area contributed by atoms with Gasteiger partial charge in [-0.2, -0.15) is 13.2 Å². The predicted molar refractivity (Wildman–Crippen MR) is 76.7 cm³/mol. The maximum Gasteiger partial charge on any atom is 0.416 e. The standard InChI is InChI=1S/C17H17F3O/c1-16(2,3)13-5-4-6-15(11-13)21-14-9-7-12(8-10-14)17(18,19)20/h4-11H,1-3H3. The van der Waals surface area contributed by atoms with Crippen molar-refractivity contribution in [1.82, 2.24) is 0 Å². The van der Waals surface area contributed by atoms with Crippen LogP contribution in [0.2, 0.25) is 0 Å². The third-order valence-electron chi connectivity index (χ3n) is 3.12. The van der Waals surface area contributed by atoms with Crippen LogP contribution < -0.4 is 4.74 Å². The van der Waals surface area contributed by atoms with Crippen LogP contribution in [0, 0.1) is 0 Å². The molecule has 0 saturated carbocycles. The van der Waals surface area contributed by atoms with Crippen LogP contribution in [0.25, 0.3) is 0 Å². The summed E-state index contributed by atoms with van der Waals surface area (Å²) in [5.74, 6) is 0.997. The highest BCUT2D eigenvalue weighted by molar-refractivity contribution is 5.37. The number of ether oxygens (including phenoxy) is 1. The molecule has 1 nitrogen and oxygen atoms in total. The molecule has 2 aromatic rings. The summed E-state index contributed by atoms with van der Waals surface area (Å²) in [6.45, 7) is 6.26. The van der Waals surface area contributed by atoms with Gasteiger partial charge in [0.25, 0.3) is 0 Å². The summed E-state index contributed by atoms with van der Waals surface area (Å²) in [6, 6.07) is 12.2. The molecule has 0 heterocycles. The summed E-state index contributed by atoms with van der Waals surface area (Å²) in [5.41, 5.74) is 0.407. The lowest BCUT2D eigenvalue weighted by atomic mass is 9.87. The van der Waals surface area contributed by atoms with Gasteiger partial charge in [0.2, 0.25) is 0 Å². The molecule has 0 aliphatic rings. The number of halogens is 3. The van der Waals surface area contributed by atoms with Crippen molar-refractivity contribution >= 4 is 0 Å². The van der Waals surface area contributed by atoms with Crippen LogP contribution in [-0.2, 0) is 11.6 Å². The molecule has 0 radical (unpaired) electrons. The molecule has 0 aromatic heterocycles. The third kappa shape index (κ3) is 4.00. The van der Waals surface area contributed by atoms with E-state index in [1.54, 1.807) is 6.07 Å². The van der Waals surface area contributed by atoms with E-state index in [0.29, 0.717) is 11.5 Å². The molecule has 0 bridgehead atoms. The summed E-state index contributed by atoms with van der Waals surface area (Å²) in [4.78, 5) is 0. The van der Waals surface area contributed by atoms with Crippen molar-refractivity contribution in [3.05, 3.63) is 59.7 Å². The van der Waals surface area contributed by atoms with Gasteiger partial charge in [0.15, 0.2) is 0 Å². The normalized spacial score (nSPS) is 12.3. The van der Waals surface area contributed by atoms with Gasteiger partial charge in [-0.15, -0.1) is 0 Å². The maximum absolute atomic E-state index is 12.5. The molecule has 0 aliphatic heterocycles. The Labute approximate surface area is 122 Å². The molecule has 0 amide bonds. The smallest absolute Gasteiger partial charge is 0.416 e. The van der Waals surface area contributed by atoms with E-state index in [0.717, 1.165) is 17.7 Å². The van der Waals surface area contributed by atoms with Gasteiger partial charge in [-0.3, -0.25) is 0 Å². The van der Waals surface area contributed by atoms with E-state index >= 15 is 0 Å². The lowest BCUT2D eigenvalue weighted by molar-refractivity contribution is -0.137. The molecule has 21 heavy (non-hydrogen) atoms. The summed E-state index contributed by atoms with van der Waals surface area (Å²) in [7, 11) is 0. The quantitative estimate of drug-likeness (QED) is 0.680. The summed E-state index contributed by atoms with van der Waals surface area (Å²) < 4.78 is 43.1. The Morgan fingerprint density at radius 2 is 1.38 bits per heavy atom. The second-order valence-corrected chi connectivity index (χ2v) is 5.90. The van der Waals surface area contributed by atoms with Crippen molar-refractivity contribution < 1.29 is 17.9 Å². The molecular weight excluding hydrogens is 277 g/mol. The van der Waals surface area contributed by atoms with Gasteiger partial charge in [-0.05, 0) is 47.4 Å². The third-order valence-corrected chi connectivity index (χ3v) is 3.12. The SMILES string of the molecule is CC(C)(C)c1cccc(Oc2ccc(C(F)(F)F)cc2)c1. The average molecular weight is 294 g/mol. The number of alkyl halides is 3. The van der Waals surface area contributed by atoms with E-state index in [2.05, 4.69) is 20.8 Å². The average Bonchev–Trinajstić information content (AvgIpc) is 2.37. The number of rotatable bonds is 2. The Morgan fingerprint density at radius 3 is 1.90 bits per heavy atom. The van der Waals surface area contributed by atoms with Crippen LogP contribution in [0.1, 0.15) is 31.9 Å². The van der Waals surface area contributed by atoms with Gasteiger partial charge in [0.05, 0.1) is 5.56 Å². The van der Waals surface area contributed by atoms with Crippen LogP contribution in [0.5, 0.6) is 11.5 Å². The molecule has 0 aliphatic carbocycles. The zero-order valence-electron chi connectivity index (χ0n) is 12.2. The monoisotopic (exact) mass is 294 g/mol. The van der Waals surface area contributed by atoms with Gasteiger partial charge in [-0.25, -0.2) is 0 Å². The first-order valence-electron chi connectivity index (χ1n) is 6.62. The topological polar surface area (TPSA) is 9.23 Å². The number of hydrogen-bond acceptors (Lipinski definition) is 1. The maximum atomic E-state index is 12.5. The van der Waals surface area contributed by atoms with Gasteiger partial charge in [0.1, 0.15) is 11.5 Å². The second-order valence-electron chi connectivity index (χ2n) is 5.90. The predicted octanol–water partition coefficient (Wildman–Crippen LogP) is 5.80. The fraction of sp³-hybridized carbons (Fsp3) is 0.294. The van der Waals surface area contributed by atoms with Crippen molar-refractivity contribution in [2.24, 2.45) is 0 Å². The van der Waals surface area contributed by atoms with Crippen LogP contribution in [0.15, 0.2) is 48.5 Å². The van der Waals surface area contributed by atoms with Crippen LogP contribution in [0.3, 0.4) is 0 Å². The van der Waals surface area contributed by atoms with Crippen molar-refractivity contribution in [2.45, 2.75) is 32.4 Å². The van der Waals surface area contributed by atoms with Gasteiger partial charge in [-0.1, -0.05) is 32.9 Å². The fourth-order valence-electron chi connectivity index (χ4n) is 1.87. The summed E-state index contributed by atoms with van der Waals surface area (Å²) in [5, 5.41) is 0. The molecule has 0 atom stereocenters. The highest BCUT2D eigenvalue weighted by Gasteiger charge is 2.30. The van der Waals surface area contributed by atoms with Crippen LogP contribution in [0.4, 0.5) is 13.2 Å². The van der Waals surface area contributed by atoms with Crippen molar-refractivity contribution in [3.63, 3.8) is 0 Å². The van der Waals surface area contributed by atoms with Gasteiger partial charge in [0, 0.05) is 0 Å². The Morgan fingerprint density at radius 1 is 0.762 bits per heavy atom. The lowest BCUT2D eigenvalue weighted by Gasteiger charge is -2.19. The molecule has 0 unspecified atom stereocenters. The van der Waals surface area contributed by atoms with E-state index in [9.17, 15) is 13.2 Å². The minimum absolute atomic E-state index is 0.0144. The Hall–Kier alpha value is -1.97. The van der Waals surface area contributed by atoms with Crippen LogP contribution >= 0.6 is 0 Å². The summed E-state index contributed by atoms with van der Waals surface area (Å²) >= 11 is 0. The molecular formula is C17H17F3O. The molecule has 2 rings (SSSR count). The largest absolute Gasteiger partial charge is 0.457 e. The van der Waals surface area contributed by atoms with E-state index in [-0.39, 0.29) is 5.41 Å². The van der Waals surface area contributed by atoms with E-state index in [1.807, 2.05) is 18.2 Å². The fourth-order valence-corrected chi connectivity index (χ4v) is 1.87. The lowest BCUT2D eigenvalue weighted by Crippen LogP contribution is -2.10. The summed E-state index contributed by atoms with van der Waals surface area (Å²) in [6.07, 6.45) is -4.33. The van der Waals surface area contributed by atoms with Crippen molar-refractivity contribution in [1.29, 1.82) is 0 Å². The minimum Gasteiger partial charge on any atom is -0.457 e. The first kappa shape index (κ1) is 15.4. The van der Waals surface area contributed by atoms with Crippen molar-refractivity contribution in [3.8, 4) is 11.5 Å². The van der Waals surface area contributed by atoms with E-state index in [4.69, 9.17) is 4.74 Å². The molecule has 0 N–H and O–H groups in total. The van der Waals surface area contributed by atoms with E-state index in [1.165, 1.54) is 12.1 Å². The highest BCUT2D eigenvalue weighted by atomic mass is 19.4. The molecule has 112 valence electrons. The Bertz CT molecular complexity index is 607. The molecule has 2 aromatic carbocycles. The Kier molecular flexibility index (Phi) is 3.99. The van der Waals surface area contributed by atoms with Crippen molar-refractivity contribution in [2.75, 3.05) is 0 Å². The molecule has 0 saturated heterocycles.